The molecule has 1 aromatic rings. The van der Waals surface area contributed by atoms with Crippen LogP contribution in [0.1, 0.15) is 28.8 Å². The number of carbonyl (C=O) groups is 3. The summed E-state index contributed by atoms with van der Waals surface area (Å²) in [7, 11) is 0. The van der Waals surface area contributed by atoms with Crippen LogP contribution in [0.25, 0.3) is 0 Å². The number of amides is 2. The number of hydrogen-bond acceptors (Lipinski definition) is 3. The maximum Gasteiger partial charge on any atom is 0.326 e. The van der Waals surface area contributed by atoms with E-state index in [2.05, 4.69) is 21.2 Å². The van der Waals surface area contributed by atoms with Crippen LogP contribution >= 0.6 is 15.9 Å². The molecule has 0 aliphatic rings. The van der Waals surface area contributed by atoms with Crippen LogP contribution in [0.2, 0.25) is 0 Å². The molecular formula is C13H15BrN2O4. The fourth-order valence-electron chi connectivity index (χ4n) is 1.60. The van der Waals surface area contributed by atoms with Gasteiger partial charge in [0.25, 0.3) is 5.91 Å². The largest absolute Gasteiger partial charge is 0.480 e. The Morgan fingerprint density at radius 3 is 2.60 bits per heavy atom. The summed E-state index contributed by atoms with van der Waals surface area (Å²) < 4.78 is 0.608. The van der Waals surface area contributed by atoms with E-state index in [4.69, 9.17) is 10.8 Å². The first kappa shape index (κ1) is 16.2. The highest BCUT2D eigenvalue weighted by atomic mass is 79.9. The van der Waals surface area contributed by atoms with Crippen molar-refractivity contribution in [1.29, 1.82) is 0 Å². The van der Waals surface area contributed by atoms with Crippen LogP contribution in [-0.2, 0) is 9.59 Å². The van der Waals surface area contributed by atoms with E-state index in [9.17, 15) is 14.4 Å². The highest BCUT2D eigenvalue weighted by molar-refractivity contribution is 9.10. The smallest absolute Gasteiger partial charge is 0.326 e. The van der Waals surface area contributed by atoms with Gasteiger partial charge in [-0.05, 0) is 40.9 Å². The highest BCUT2D eigenvalue weighted by Crippen LogP contribution is 2.21. The molecule has 20 heavy (non-hydrogen) atoms. The fourth-order valence-corrected chi connectivity index (χ4v) is 2.05. The van der Waals surface area contributed by atoms with Crippen LogP contribution in [-0.4, -0.2) is 28.9 Å². The molecule has 0 aliphatic carbocycles. The lowest BCUT2D eigenvalue weighted by molar-refractivity contribution is -0.139. The third kappa shape index (κ3) is 4.34. The highest BCUT2D eigenvalue weighted by Gasteiger charge is 2.22. The molecule has 0 aliphatic heterocycles. The van der Waals surface area contributed by atoms with E-state index in [0.717, 1.165) is 5.56 Å². The predicted octanol–water partition coefficient (Wildman–Crippen LogP) is 1.21. The van der Waals surface area contributed by atoms with Crippen molar-refractivity contribution in [3.8, 4) is 0 Å². The molecular weight excluding hydrogens is 328 g/mol. The summed E-state index contributed by atoms with van der Waals surface area (Å²) in [5.41, 5.74) is 6.18. The first-order chi connectivity index (χ1) is 9.32. The minimum atomic E-state index is -1.21. The maximum atomic E-state index is 12.1. The molecule has 0 heterocycles. The molecule has 7 heteroatoms. The van der Waals surface area contributed by atoms with Gasteiger partial charge in [-0.1, -0.05) is 12.1 Å². The first-order valence-electron chi connectivity index (χ1n) is 5.90. The lowest BCUT2D eigenvalue weighted by Crippen LogP contribution is -2.41. The number of carbonyl (C=O) groups excluding carboxylic acids is 2. The van der Waals surface area contributed by atoms with Gasteiger partial charge < -0.3 is 16.2 Å². The van der Waals surface area contributed by atoms with E-state index in [0.29, 0.717) is 10.0 Å². The van der Waals surface area contributed by atoms with E-state index in [-0.39, 0.29) is 12.8 Å². The second kappa shape index (κ2) is 7.04. The number of hydrogen-bond donors (Lipinski definition) is 3. The van der Waals surface area contributed by atoms with Gasteiger partial charge in [0, 0.05) is 10.9 Å². The Hall–Kier alpha value is -1.89. The normalized spacial score (nSPS) is 11.7. The van der Waals surface area contributed by atoms with Crippen molar-refractivity contribution < 1.29 is 19.5 Å². The van der Waals surface area contributed by atoms with Crippen molar-refractivity contribution in [2.75, 3.05) is 0 Å². The van der Waals surface area contributed by atoms with Crippen LogP contribution in [0.15, 0.2) is 22.7 Å². The molecule has 0 aromatic heterocycles. The number of primary amides is 1. The summed E-state index contributed by atoms with van der Waals surface area (Å²) in [6.45, 7) is 1.82. The number of benzene rings is 1. The Labute approximate surface area is 124 Å². The maximum absolute atomic E-state index is 12.1. The molecule has 0 saturated carbocycles. The van der Waals surface area contributed by atoms with Gasteiger partial charge in [0.1, 0.15) is 6.04 Å². The van der Waals surface area contributed by atoms with Gasteiger partial charge in [-0.2, -0.15) is 0 Å². The Morgan fingerprint density at radius 1 is 1.40 bits per heavy atom. The molecule has 0 radical (unpaired) electrons. The zero-order valence-corrected chi connectivity index (χ0v) is 12.4. The van der Waals surface area contributed by atoms with Crippen molar-refractivity contribution >= 4 is 33.7 Å². The minimum Gasteiger partial charge on any atom is -0.480 e. The lowest BCUT2D eigenvalue weighted by atomic mass is 10.1. The Balaban J connectivity index is 2.83. The molecule has 0 fully saturated rings. The van der Waals surface area contributed by atoms with Crippen LogP contribution < -0.4 is 11.1 Å². The Morgan fingerprint density at radius 2 is 2.05 bits per heavy atom. The molecule has 2 amide bonds. The number of carboxylic acid groups (broad SMARTS) is 1. The summed E-state index contributed by atoms with van der Waals surface area (Å²) in [5, 5.41) is 11.4. The molecule has 0 spiro atoms. The monoisotopic (exact) mass is 342 g/mol. The van der Waals surface area contributed by atoms with E-state index in [1.165, 1.54) is 0 Å². The average Bonchev–Trinajstić information content (AvgIpc) is 2.36. The third-order valence-electron chi connectivity index (χ3n) is 2.72. The number of nitrogens with one attached hydrogen (secondary N) is 1. The van der Waals surface area contributed by atoms with E-state index in [1.54, 1.807) is 12.1 Å². The number of aliphatic carboxylic acids is 1. The molecule has 0 unspecified atom stereocenters. The molecule has 1 atom stereocenters. The van der Waals surface area contributed by atoms with Crippen molar-refractivity contribution in [2.45, 2.75) is 25.8 Å². The minimum absolute atomic E-state index is 0.0418. The van der Waals surface area contributed by atoms with Gasteiger partial charge in [0.2, 0.25) is 5.91 Å². The second-order valence-corrected chi connectivity index (χ2v) is 5.10. The second-order valence-electron chi connectivity index (χ2n) is 4.31. The van der Waals surface area contributed by atoms with Crippen molar-refractivity contribution in [3.63, 3.8) is 0 Å². The van der Waals surface area contributed by atoms with Gasteiger partial charge in [-0.15, -0.1) is 0 Å². The average molecular weight is 343 g/mol. The van der Waals surface area contributed by atoms with E-state index < -0.39 is 23.8 Å². The summed E-state index contributed by atoms with van der Waals surface area (Å²) in [6.07, 6.45) is -0.147. The van der Waals surface area contributed by atoms with Gasteiger partial charge in [0.05, 0.1) is 5.56 Å². The quantitative estimate of drug-likeness (QED) is 0.721. The molecule has 1 rings (SSSR count). The Bertz CT molecular complexity index is 545. The molecule has 0 saturated heterocycles. The summed E-state index contributed by atoms with van der Waals surface area (Å²) in [4.78, 5) is 33.8. The number of rotatable bonds is 6. The van der Waals surface area contributed by atoms with Crippen LogP contribution in [0.4, 0.5) is 0 Å². The Kier molecular flexibility index (Phi) is 5.69. The van der Waals surface area contributed by atoms with Crippen LogP contribution in [0.5, 0.6) is 0 Å². The van der Waals surface area contributed by atoms with Gasteiger partial charge >= 0.3 is 5.97 Å². The lowest BCUT2D eigenvalue weighted by Gasteiger charge is -2.15. The molecule has 6 nitrogen and oxygen atoms in total. The number of nitrogens with two attached hydrogens (primary N) is 1. The zero-order chi connectivity index (χ0) is 15.3. The van der Waals surface area contributed by atoms with Gasteiger partial charge in [0.15, 0.2) is 0 Å². The molecule has 1 aromatic carbocycles. The number of aryl methyl sites for hydroxylation is 1. The predicted molar refractivity (Wildman–Crippen MR) is 76.2 cm³/mol. The van der Waals surface area contributed by atoms with Crippen LogP contribution in [0.3, 0.4) is 0 Å². The third-order valence-corrected chi connectivity index (χ3v) is 3.77. The number of carboxylic acids is 1. The van der Waals surface area contributed by atoms with E-state index in [1.807, 2.05) is 13.0 Å². The molecule has 4 N–H and O–H groups in total. The van der Waals surface area contributed by atoms with Gasteiger partial charge in [-0.3, -0.25) is 9.59 Å². The summed E-state index contributed by atoms with van der Waals surface area (Å²) >= 11 is 3.29. The van der Waals surface area contributed by atoms with Crippen molar-refractivity contribution in [3.05, 3.63) is 33.8 Å². The molecule has 0 bridgehead atoms. The number of halogens is 1. The zero-order valence-electron chi connectivity index (χ0n) is 10.9. The molecule has 108 valence electrons. The van der Waals surface area contributed by atoms with Gasteiger partial charge in [-0.25, -0.2) is 4.79 Å². The summed E-state index contributed by atoms with van der Waals surface area (Å²) in [6, 6.07) is 3.96. The van der Waals surface area contributed by atoms with Crippen molar-refractivity contribution in [1.82, 2.24) is 5.32 Å². The fraction of sp³-hybridized carbons (Fsp3) is 0.308. The SMILES string of the molecule is Cc1cccc(C(=O)N[C@@H](CCC(N)=O)C(=O)O)c1Br. The van der Waals surface area contributed by atoms with E-state index >= 15 is 0 Å². The van der Waals surface area contributed by atoms with Crippen LogP contribution in [0, 0.1) is 6.92 Å². The topological polar surface area (TPSA) is 109 Å². The first-order valence-corrected chi connectivity index (χ1v) is 6.69. The van der Waals surface area contributed by atoms with Crippen molar-refractivity contribution in [2.24, 2.45) is 5.73 Å². The summed E-state index contributed by atoms with van der Waals surface area (Å²) in [5.74, 6) is -2.33. The standard InChI is InChI=1S/C13H15BrN2O4/c1-7-3-2-4-8(11(7)14)12(18)16-9(13(19)20)5-6-10(15)17/h2-4,9H,5-6H2,1H3,(H2,15,17)(H,16,18)(H,19,20)/t9-/m0/s1.